The fourth-order valence-corrected chi connectivity index (χ4v) is 5.93. The van der Waals surface area contributed by atoms with E-state index in [4.69, 9.17) is 23.2 Å². The van der Waals surface area contributed by atoms with Gasteiger partial charge in [-0.15, -0.1) is 0 Å². The highest BCUT2D eigenvalue weighted by atomic mass is 35.5. The van der Waals surface area contributed by atoms with Crippen molar-refractivity contribution < 1.29 is 18.0 Å². The average molecular weight is 577 g/mol. The molecule has 0 fully saturated rings. The summed E-state index contributed by atoms with van der Waals surface area (Å²) in [6.45, 7) is 6.74. The van der Waals surface area contributed by atoms with Crippen LogP contribution >= 0.6 is 23.2 Å². The number of amides is 2. The van der Waals surface area contributed by atoms with Gasteiger partial charge in [0.15, 0.2) is 0 Å². The van der Waals surface area contributed by atoms with Gasteiger partial charge in [0.1, 0.15) is 12.6 Å². The van der Waals surface area contributed by atoms with E-state index in [0.29, 0.717) is 5.02 Å². The van der Waals surface area contributed by atoms with Crippen LogP contribution in [0.5, 0.6) is 0 Å². The maximum absolute atomic E-state index is 13.9. The van der Waals surface area contributed by atoms with Crippen LogP contribution < -0.4 is 9.62 Å². The lowest BCUT2D eigenvalue weighted by molar-refractivity contribution is -0.139. The summed E-state index contributed by atoms with van der Waals surface area (Å²) >= 11 is 12.5. The Balaban J connectivity index is 2.06. The molecule has 3 aromatic carbocycles. The third-order valence-electron chi connectivity index (χ3n) is 5.82. The van der Waals surface area contributed by atoms with Crippen molar-refractivity contribution in [2.75, 3.05) is 10.8 Å². The molecule has 0 unspecified atom stereocenters. The van der Waals surface area contributed by atoms with Crippen LogP contribution in [0.15, 0.2) is 77.7 Å². The molecule has 0 aromatic heterocycles. The second-order valence-corrected chi connectivity index (χ2v) is 12.0. The first-order valence-corrected chi connectivity index (χ1v) is 14.3. The van der Waals surface area contributed by atoms with Crippen LogP contribution in [-0.2, 0) is 26.2 Å². The van der Waals surface area contributed by atoms with Crippen LogP contribution in [0, 0.1) is 6.92 Å². The molecule has 1 N–H and O–H groups in total. The summed E-state index contributed by atoms with van der Waals surface area (Å²) in [5.74, 6) is -0.911. The predicted octanol–water partition coefficient (Wildman–Crippen LogP) is 5.44. The molecule has 38 heavy (non-hydrogen) atoms. The van der Waals surface area contributed by atoms with Crippen LogP contribution in [0.1, 0.15) is 31.9 Å². The summed E-state index contributed by atoms with van der Waals surface area (Å²) in [7, 11) is -4.20. The summed E-state index contributed by atoms with van der Waals surface area (Å²) < 4.78 is 28.5. The van der Waals surface area contributed by atoms with Gasteiger partial charge in [-0.05, 0) is 63.6 Å². The molecule has 0 saturated carbocycles. The van der Waals surface area contributed by atoms with Crippen LogP contribution in [-0.4, -0.2) is 43.8 Å². The van der Waals surface area contributed by atoms with E-state index in [1.807, 2.05) is 45.0 Å². The van der Waals surface area contributed by atoms with Gasteiger partial charge in [-0.2, -0.15) is 0 Å². The minimum Gasteiger partial charge on any atom is -0.352 e. The molecule has 10 heteroatoms. The zero-order valence-corrected chi connectivity index (χ0v) is 24.0. The summed E-state index contributed by atoms with van der Waals surface area (Å²) in [6, 6.07) is 18.7. The van der Waals surface area contributed by atoms with Crippen molar-refractivity contribution in [3.63, 3.8) is 0 Å². The maximum Gasteiger partial charge on any atom is 0.264 e. The molecule has 3 aromatic rings. The summed E-state index contributed by atoms with van der Waals surface area (Å²) in [5.41, 5.74) is 1.91. The standard InChI is InChI=1S/C28H31Cl2N3O4S/c1-19(2)31-28(35)21(4)32(17-22-10-8-9-20(3)15-22)27(34)18-33(26-14-13-23(29)16-25(26)30)38(36,37)24-11-6-5-7-12-24/h5-16,19,21H,17-18H2,1-4H3,(H,31,35)/t21-/m1/s1. The third-order valence-corrected chi connectivity index (χ3v) is 8.13. The topological polar surface area (TPSA) is 86.8 Å². The summed E-state index contributed by atoms with van der Waals surface area (Å²) in [6.07, 6.45) is 0. The first-order chi connectivity index (χ1) is 17.9. The molecule has 0 heterocycles. The highest BCUT2D eigenvalue weighted by Gasteiger charge is 2.33. The van der Waals surface area contributed by atoms with E-state index in [0.717, 1.165) is 15.4 Å². The Morgan fingerprint density at radius 2 is 1.61 bits per heavy atom. The van der Waals surface area contributed by atoms with Crippen molar-refractivity contribution in [1.29, 1.82) is 0 Å². The Morgan fingerprint density at radius 3 is 2.21 bits per heavy atom. The van der Waals surface area contributed by atoms with E-state index < -0.39 is 28.5 Å². The van der Waals surface area contributed by atoms with Gasteiger partial charge in [0.05, 0.1) is 15.6 Å². The maximum atomic E-state index is 13.9. The van der Waals surface area contributed by atoms with Crippen molar-refractivity contribution in [2.45, 2.75) is 51.2 Å². The highest BCUT2D eigenvalue weighted by molar-refractivity contribution is 7.92. The van der Waals surface area contributed by atoms with E-state index >= 15 is 0 Å². The second kappa shape index (κ2) is 12.7. The minimum atomic E-state index is -4.20. The number of halogens is 2. The number of carbonyl (C=O) groups is 2. The number of carbonyl (C=O) groups excluding carboxylic acids is 2. The van der Waals surface area contributed by atoms with Crippen LogP contribution in [0.2, 0.25) is 10.0 Å². The minimum absolute atomic E-state index is 0.00495. The van der Waals surface area contributed by atoms with E-state index in [1.165, 1.54) is 35.2 Å². The van der Waals surface area contributed by atoms with Crippen molar-refractivity contribution >= 4 is 50.7 Å². The van der Waals surface area contributed by atoms with E-state index in [9.17, 15) is 18.0 Å². The molecule has 0 radical (unpaired) electrons. The number of aryl methyl sites for hydroxylation is 1. The van der Waals surface area contributed by atoms with Gasteiger partial charge in [-0.3, -0.25) is 13.9 Å². The first-order valence-electron chi connectivity index (χ1n) is 12.1. The number of hydrogen-bond acceptors (Lipinski definition) is 4. The average Bonchev–Trinajstić information content (AvgIpc) is 2.86. The number of benzene rings is 3. The zero-order valence-electron chi connectivity index (χ0n) is 21.7. The van der Waals surface area contributed by atoms with Gasteiger partial charge in [-0.1, -0.05) is 71.2 Å². The number of sulfonamides is 1. The van der Waals surface area contributed by atoms with Gasteiger partial charge in [0, 0.05) is 17.6 Å². The van der Waals surface area contributed by atoms with Crippen molar-refractivity contribution in [3.05, 3.63) is 94.0 Å². The molecule has 7 nitrogen and oxygen atoms in total. The molecule has 0 bridgehead atoms. The van der Waals surface area contributed by atoms with Crippen LogP contribution in [0.3, 0.4) is 0 Å². The first kappa shape index (κ1) is 29.5. The summed E-state index contributed by atoms with van der Waals surface area (Å²) in [5, 5.41) is 3.22. The van der Waals surface area contributed by atoms with Gasteiger partial charge < -0.3 is 10.2 Å². The van der Waals surface area contributed by atoms with E-state index in [1.54, 1.807) is 25.1 Å². The van der Waals surface area contributed by atoms with E-state index in [2.05, 4.69) is 5.32 Å². The number of hydrogen-bond donors (Lipinski definition) is 1. The lowest BCUT2D eigenvalue weighted by atomic mass is 10.1. The number of nitrogens with zero attached hydrogens (tertiary/aromatic N) is 2. The molecule has 2 amide bonds. The molecule has 0 aliphatic heterocycles. The Kier molecular flexibility index (Phi) is 9.82. The molecular formula is C28H31Cl2N3O4S. The lowest BCUT2D eigenvalue weighted by Gasteiger charge is -2.32. The molecule has 0 aliphatic rings. The second-order valence-electron chi connectivity index (χ2n) is 9.27. The quantitative estimate of drug-likeness (QED) is 0.348. The van der Waals surface area contributed by atoms with Gasteiger partial charge >= 0.3 is 0 Å². The molecule has 3 rings (SSSR count). The van der Waals surface area contributed by atoms with Gasteiger partial charge in [-0.25, -0.2) is 8.42 Å². The van der Waals surface area contributed by atoms with Crippen molar-refractivity contribution in [3.8, 4) is 0 Å². The molecule has 0 spiro atoms. The molecular weight excluding hydrogens is 545 g/mol. The predicted molar refractivity (Wildman–Crippen MR) is 152 cm³/mol. The Labute approximate surface area is 234 Å². The smallest absolute Gasteiger partial charge is 0.264 e. The van der Waals surface area contributed by atoms with E-state index in [-0.39, 0.29) is 34.1 Å². The van der Waals surface area contributed by atoms with Gasteiger partial charge in [0.2, 0.25) is 11.8 Å². The SMILES string of the molecule is Cc1cccc(CN(C(=O)CN(c2ccc(Cl)cc2Cl)S(=O)(=O)c2ccccc2)[C@H](C)C(=O)NC(C)C)c1. The zero-order chi connectivity index (χ0) is 28.0. The number of anilines is 1. The molecule has 0 saturated heterocycles. The molecule has 1 atom stereocenters. The highest BCUT2D eigenvalue weighted by Crippen LogP contribution is 2.33. The molecule has 202 valence electrons. The van der Waals surface area contributed by atoms with Crippen LogP contribution in [0.25, 0.3) is 0 Å². The third kappa shape index (κ3) is 7.28. The fourth-order valence-electron chi connectivity index (χ4n) is 3.91. The van der Waals surface area contributed by atoms with Crippen molar-refractivity contribution in [2.24, 2.45) is 0 Å². The molecule has 0 aliphatic carbocycles. The summed E-state index contributed by atoms with van der Waals surface area (Å²) in [4.78, 5) is 28.2. The number of nitrogens with one attached hydrogen (secondary N) is 1. The largest absolute Gasteiger partial charge is 0.352 e. The normalized spacial score (nSPS) is 12.2. The lowest BCUT2D eigenvalue weighted by Crippen LogP contribution is -2.52. The number of rotatable bonds is 10. The van der Waals surface area contributed by atoms with Gasteiger partial charge in [0.25, 0.3) is 10.0 Å². The fraction of sp³-hybridized carbons (Fsp3) is 0.286. The Hall–Kier alpha value is -3.07. The van der Waals surface area contributed by atoms with Crippen molar-refractivity contribution in [1.82, 2.24) is 10.2 Å². The monoisotopic (exact) mass is 575 g/mol. The Bertz CT molecular complexity index is 1400. The van der Waals surface area contributed by atoms with Crippen LogP contribution in [0.4, 0.5) is 5.69 Å². The Morgan fingerprint density at radius 1 is 0.921 bits per heavy atom.